The van der Waals surface area contributed by atoms with Crippen LogP contribution in [0.1, 0.15) is 11.3 Å². The van der Waals surface area contributed by atoms with Gasteiger partial charge in [-0.15, -0.1) is 0 Å². The molecule has 1 aliphatic heterocycles. The minimum absolute atomic E-state index is 0.0753. The van der Waals surface area contributed by atoms with Crippen LogP contribution in [0.25, 0.3) is 5.65 Å². The molecule has 106 valence electrons. The molecule has 1 aliphatic rings. The van der Waals surface area contributed by atoms with Crippen molar-refractivity contribution in [3.8, 4) is 0 Å². The molecule has 0 radical (unpaired) electrons. The van der Waals surface area contributed by atoms with Crippen LogP contribution in [-0.2, 0) is 13.0 Å². The van der Waals surface area contributed by atoms with Gasteiger partial charge in [0.05, 0.1) is 12.2 Å². The highest BCUT2D eigenvalue weighted by molar-refractivity contribution is 9.10. The largest absolute Gasteiger partial charge is 0.365 e. The van der Waals surface area contributed by atoms with Gasteiger partial charge < -0.3 is 4.90 Å². The van der Waals surface area contributed by atoms with Gasteiger partial charge in [0.25, 0.3) is 5.56 Å². The number of halogens is 1. The van der Waals surface area contributed by atoms with Gasteiger partial charge in [0.15, 0.2) is 5.65 Å². The average Bonchev–Trinajstić information content (AvgIpc) is 3.06. The van der Waals surface area contributed by atoms with Gasteiger partial charge >= 0.3 is 0 Å². The van der Waals surface area contributed by atoms with Crippen LogP contribution in [0.3, 0.4) is 0 Å². The van der Waals surface area contributed by atoms with E-state index in [1.165, 1.54) is 15.8 Å². The third-order valence-corrected chi connectivity index (χ3v) is 4.32. The summed E-state index contributed by atoms with van der Waals surface area (Å²) in [6.07, 6.45) is 2.75. The van der Waals surface area contributed by atoms with Crippen molar-refractivity contribution in [1.29, 1.82) is 0 Å². The van der Waals surface area contributed by atoms with Gasteiger partial charge in [0.1, 0.15) is 0 Å². The number of rotatable bonds is 2. The molecule has 0 saturated carbocycles. The first kappa shape index (κ1) is 12.6. The van der Waals surface area contributed by atoms with Crippen LogP contribution in [0, 0.1) is 0 Å². The summed E-state index contributed by atoms with van der Waals surface area (Å²) in [7, 11) is 0. The number of nitrogens with zero attached hydrogens (tertiary/aromatic N) is 3. The Morgan fingerprint density at radius 3 is 3.10 bits per heavy atom. The smallest absolute Gasteiger partial charge is 0.272 e. The van der Waals surface area contributed by atoms with Gasteiger partial charge in [-0.1, -0.05) is 22.0 Å². The van der Waals surface area contributed by atoms with Crippen LogP contribution < -0.4 is 10.5 Å². The van der Waals surface area contributed by atoms with Crippen molar-refractivity contribution in [3.05, 3.63) is 62.6 Å². The normalized spacial score (nSPS) is 13.9. The topological polar surface area (TPSA) is 53.4 Å². The average molecular weight is 345 g/mol. The van der Waals surface area contributed by atoms with Crippen LogP contribution >= 0.6 is 15.9 Å². The van der Waals surface area contributed by atoms with Crippen LogP contribution in [0.15, 0.2) is 45.8 Å². The van der Waals surface area contributed by atoms with Crippen molar-refractivity contribution in [2.45, 2.75) is 13.0 Å². The zero-order valence-corrected chi connectivity index (χ0v) is 12.8. The summed E-state index contributed by atoms with van der Waals surface area (Å²) < 4.78 is 2.51. The molecule has 0 spiro atoms. The number of hydrogen-bond donors (Lipinski definition) is 1. The van der Waals surface area contributed by atoms with E-state index in [-0.39, 0.29) is 5.56 Å². The summed E-state index contributed by atoms with van der Waals surface area (Å²) in [6.45, 7) is 1.61. The molecule has 0 saturated heterocycles. The summed E-state index contributed by atoms with van der Waals surface area (Å²) in [6, 6.07) is 9.75. The minimum Gasteiger partial charge on any atom is -0.365 e. The Balaban J connectivity index is 1.70. The molecule has 5 nitrogen and oxygen atoms in total. The summed E-state index contributed by atoms with van der Waals surface area (Å²) in [4.78, 5) is 18.8. The SMILES string of the molecule is O=c1cc(CN2CCc3ccc(Br)cc32)nc2cc[nH]n12. The molecule has 0 atom stereocenters. The lowest BCUT2D eigenvalue weighted by Crippen LogP contribution is -2.23. The van der Waals surface area contributed by atoms with Crippen LogP contribution in [0.2, 0.25) is 0 Å². The van der Waals surface area contributed by atoms with Crippen molar-refractivity contribution >= 4 is 27.3 Å². The van der Waals surface area contributed by atoms with E-state index >= 15 is 0 Å². The second kappa shape index (κ2) is 4.73. The second-order valence-electron chi connectivity index (χ2n) is 5.19. The summed E-state index contributed by atoms with van der Waals surface area (Å²) in [5.41, 5.74) is 3.95. The van der Waals surface area contributed by atoms with Crippen molar-refractivity contribution < 1.29 is 0 Å². The fraction of sp³-hybridized carbons (Fsp3) is 0.200. The lowest BCUT2D eigenvalue weighted by Gasteiger charge is -2.19. The maximum absolute atomic E-state index is 12.0. The standard InChI is InChI=1S/C15H13BrN4O/c16-11-2-1-10-4-6-19(13(10)7-11)9-12-8-15(21)20-14(18-12)3-5-17-20/h1-3,5,7-8,17H,4,6,9H2. The van der Waals surface area contributed by atoms with Gasteiger partial charge in [-0.25, -0.2) is 9.50 Å². The summed E-state index contributed by atoms with van der Waals surface area (Å²) >= 11 is 3.52. The fourth-order valence-electron chi connectivity index (χ4n) is 2.84. The predicted octanol–water partition coefficient (Wildman–Crippen LogP) is 2.35. The molecule has 1 N–H and O–H groups in total. The number of benzene rings is 1. The lowest BCUT2D eigenvalue weighted by molar-refractivity contribution is 0.799. The zero-order valence-electron chi connectivity index (χ0n) is 11.2. The predicted molar refractivity (Wildman–Crippen MR) is 84.7 cm³/mol. The Morgan fingerprint density at radius 1 is 1.29 bits per heavy atom. The molecule has 3 aromatic rings. The molecule has 0 amide bonds. The Hall–Kier alpha value is -2.08. The molecule has 0 unspecified atom stereocenters. The molecular formula is C15H13BrN4O. The number of nitrogens with one attached hydrogen (secondary N) is 1. The fourth-order valence-corrected chi connectivity index (χ4v) is 3.19. The molecule has 4 rings (SSSR count). The molecule has 0 fully saturated rings. The first-order valence-corrected chi connectivity index (χ1v) is 7.59. The maximum atomic E-state index is 12.0. The second-order valence-corrected chi connectivity index (χ2v) is 6.10. The number of hydrogen-bond acceptors (Lipinski definition) is 3. The molecule has 21 heavy (non-hydrogen) atoms. The molecule has 0 bridgehead atoms. The molecule has 2 aromatic heterocycles. The van der Waals surface area contributed by atoms with E-state index in [0.29, 0.717) is 12.2 Å². The van der Waals surface area contributed by atoms with E-state index in [9.17, 15) is 4.79 Å². The number of aromatic nitrogens is 3. The van der Waals surface area contributed by atoms with Crippen LogP contribution in [-0.4, -0.2) is 21.1 Å². The zero-order chi connectivity index (χ0) is 14.4. The molecule has 0 aliphatic carbocycles. The van der Waals surface area contributed by atoms with Gasteiger partial charge in [-0.2, -0.15) is 0 Å². The Bertz CT molecular complexity index is 883. The third kappa shape index (κ3) is 2.15. The third-order valence-electron chi connectivity index (χ3n) is 3.83. The number of H-pyrrole nitrogens is 1. The van der Waals surface area contributed by atoms with Gasteiger partial charge in [0, 0.05) is 35.0 Å². The summed E-state index contributed by atoms with van der Waals surface area (Å²) in [5, 5.41) is 2.85. The monoisotopic (exact) mass is 344 g/mol. The highest BCUT2D eigenvalue weighted by atomic mass is 79.9. The first-order valence-electron chi connectivity index (χ1n) is 6.80. The quantitative estimate of drug-likeness (QED) is 0.776. The molecule has 1 aromatic carbocycles. The highest BCUT2D eigenvalue weighted by Gasteiger charge is 2.20. The first-order chi connectivity index (χ1) is 10.2. The van der Waals surface area contributed by atoms with Gasteiger partial charge in [0.2, 0.25) is 0 Å². The van der Waals surface area contributed by atoms with E-state index in [0.717, 1.165) is 23.1 Å². The van der Waals surface area contributed by atoms with Crippen molar-refractivity contribution in [1.82, 2.24) is 14.6 Å². The maximum Gasteiger partial charge on any atom is 0.272 e. The van der Waals surface area contributed by atoms with Crippen molar-refractivity contribution in [2.24, 2.45) is 0 Å². The van der Waals surface area contributed by atoms with E-state index in [2.05, 4.69) is 49.1 Å². The van der Waals surface area contributed by atoms with Gasteiger partial charge in [-0.3, -0.25) is 9.89 Å². The molecular weight excluding hydrogens is 332 g/mol. The van der Waals surface area contributed by atoms with Crippen molar-refractivity contribution in [2.75, 3.05) is 11.4 Å². The molecule has 6 heteroatoms. The number of fused-ring (bicyclic) bond motifs is 2. The van der Waals surface area contributed by atoms with Crippen molar-refractivity contribution in [3.63, 3.8) is 0 Å². The Kier molecular flexibility index (Phi) is 2.85. The van der Waals surface area contributed by atoms with E-state index in [4.69, 9.17) is 0 Å². The van der Waals surface area contributed by atoms with E-state index in [1.54, 1.807) is 18.3 Å². The van der Waals surface area contributed by atoms with Crippen LogP contribution in [0.5, 0.6) is 0 Å². The van der Waals surface area contributed by atoms with E-state index < -0.39 is 0 Å². The number of anilines is 1. The highest BCUT2D eigenvalue weighted by Crippen LogP contribution is 2.31. The Morgan fingerprint density at radius 2 is 2.19 bits per heavy atom. The Labute approximate surface area is 129 Å². The van der Waals surface area contributed by atoms with Crippen LogP contribution in [0.4, 0.5) is 5.69 Å². The molecule has 3 heterocycles. The number of aromatic amines is 1. The minimum atomic E-state index is -0.0753. The lowest BCUT2D eigenvalue weighted by atomic mass is 10.2. The van der Waals surface area contributed by atoms with E-state index in [1.807, 2.05) is 0 Å². The summed E-state index contributed by atoms with van der Waals surface area (Å²) in [5.74, 6) is 0. The van der Waals surface area contributed by atoms with Gasteiger partial charge in [-0.05, 0) is 24.1 Å².